The second-order valence-corrected chi connectivity index (χ2v) is 27.7. The van der Waals surface area contributed by atoms with Gasteiger partial charge in [-0.2, -0.15) is 0 Å². The lowest BCUT2D eigenvalue weighted by atomic mass is 9.29. The van der Waals surface area contributed by atoms with Crippen molar-refractivity contribution >= 4 is 51.9 Å². The Morgan fingerprint density at radius 1 is 0.375 bits per heavy atom. The maximum atomic E-state index is 9.48. The quantitative estimate of drug-likeness (QED) is 0.158. The minimum atomic E-state index is -0.783. The van der Waals surface area contributed by atoms with Crippen molar-refractivity contribution in [3.63, 3.8) is 0 Å². The summed E-state index contributed by atoms with van der Waals surface area (Å²) in [6, 6.07) is 68.9. The standard InChI is InChI=1S/C77H72BNS/c1-73(2,3)55-40-54(41-56(44-55)74(4,5)6)52-36-38-61-66(42-52)78-65-39-37-53(49-26-16-13-17-27-49)43-67(65)79(72-59(50-28-18-14-19-29-50)45-57(75(7,8)9)46-60(72)51-30-20-15-21-31-51)68-48-58(76(10,11)12)47-64(71(68)78)77(61)62-32-22-24-34-69(62)80-70-35-25-23-33-63(70)77/h13-48H,1-12H3/i13D,16D,17D,26D,27D. The number of rotatable bonds is 5. The molecule has 0 amide bonds. The molecular weight excluding hydrogens is 982 g/mol. The van der Waals surface area contributed by atoms with Gasteiger partial charge < -0.3 is 4.90 Å². The average molecular weight is 1060 g/mol. The summed E-state index contributed by atoms with van der Waals surface area (Å²) >= 11 is 1.86. The van der Waals surface area contributed by atoms with Crippen LogP contribution in [0.1, 0.15) is 134 Å². The van der Waals surface area contributed by atoms with Crippen LogP contribution in [-0.2, 0) is 27.1 Å². The Labute approximate surface area is 488 Å². The van der Waals surface area contributed by atoms with E-state index in [1.54, 1.807) is 0 Å². The van der Waals surface area contributed by atoms with Crippen molar-refractivity contribution in [3.05, 3.63) is 263 Å². The number of benzene rings is 10. The summed E-state index contributed by atoms with van der Waals surface area (Å²) in [7, 11) is 0. The molecule has 0 saturated carbocycles. The van der Waals surface area contributed by atoms with Crippen LogP contribution in [-0.4, -0.2) is 6.71 Å². The summed E-state index contributed by atoms with van der Waals surface area (Å²) in [4.78, 5) is 4.98. The molecule has 0 radical (unpaired) electrons. The topological polar surface area (TPSA) is 3.24 Å². The molecule has 0 N–H and O–H groups in total. The monoisotopic (exact) mass is 1060 g/mol. The smallest absolute Gasteiger partial charge is 0.247 e. The van der Waals surface area contributed by atoms with Crippen molar-refractivity contribution in [1.29, 1.82) is 0 Å². The van der Waals surface area contributed by atoms with Gasteiger partial charge in [0.2, 0.25) is 6.71 Å². The van der Waals surface area contributed by atoms with Gasteiger partial charge in [0.1, 0.15) is 0 Å². The second-order valence-electron chi connectivity index (χ2n) is 26.6. The minimum absolute atomic E-state index is 0.105. The van der Waals surface area contributed by atoms with Crippen molar-refractivity contribution in [1.82, 2.24) is 0 Å². The van der Waals surface area contributed by atoms with Crippen molar-refractivity contribution in [3.8, 4) is 44.5 Å². The highest BCUT2D eigenvalue weighted by Gasteiger charge is 2.55. The number of hydrogen-bond acceptors (Lipinski definition) is 2. The van der Waals surface area contributed by atoms with E-state index >= 15 is 0 Å². The Balaban J connectivity index is 1.26. The largest absolute Gasteiger partial charge is 0.310 e. The van der Waals surface area contributed by atoms with E-state index in [-0.39, 0.29) is 58.1 Å². The van der Waals surface area contributed by atoms with E-state index in [0.29, 0.717) is 5.56 Å². The SMILES string of the molecule is [2H]c1c([2H])c([2H])c(-c2ccc3c(c2)N(c2c(-c4ccccc4)cc(C(C)(C)C)cc2-c2ccccc2)c2cc(C(C)(C)C)cc4c2B3c2cc(-c3cc(C(C)(C)C)cc(C(C)(C)C)c3)ccc2C42c3ccccc3Sc3ccccc32)c([2H])c1[2H]. The van der Waals surface area contributed by atoms with Gasteiger partial charge in [0.25, 0.3) is 0 Å². The molecule has 13 rings (SSSR count). The second kappa shape index (κ2) is 18.8. The number of anilines is 3. The third-order valence-corrected chi connectivity index (χ3v) is 18.4. The van der Waals surface area contributed by atoms with Crippen LogP contribution in [0.25, 0.3) is 44.5 Å². The van der Waals surface area contributed by atoms with E-state index in [1.807, 2.05) is 17.8 Å². The van der Waals surface area contributed by atoms with Crippen LogP contribution in [0.2, 0.25) is 0 Å². The molecule has 10 aromatic carbocycles. The number of nitrogens with zero attached hydrogens (tertiary/aromatic N) is 1. The fourth-order valence-corrected chi connectivity index (χ4v) is 14.1. The van der Waals surface area contributed by atoms with E-state index in [9.17, 15) is 2.74 Å². The maximum absolute atomic E-state index is 9.48. The molecule has 80 heavy (non-hydrogen) atoms. The molecule has 0 atom stereocenters. The van der Waals surface area contributed by atoms with Crippen LogP contribution < -0.4 is 21.3 Å². The molecule has 0 saturated heterocycles. The Bertz CT molecular complexity index is 4220. The molecule has 0 unspecified atom stereocenters. The Morgan fingerprint density at radius 2 is 0.863 bits per heavy atom. The van der Waals surface area contributed by atoms with Crippen LogP contribution in [0.5, 0.6) is 0 Å². The van der Waals surface area contributed by atoms with Crippen LogP contribution in [0.3, 0.4) is 0 Å². The molecule has 1 nitrogen and oxygen atoms in total. The summed E-state index contributed by atoms with van der Waals surface area (Å²) in [5.41, 5.74) is 22.1. The number of hydrogen-bond donors (Lipinski definition) is 0. The first-order valence-electron chi connectivity index (χ1n) is 30.9. The Kier molecular flexibility index (Phi) is 10.8. The molecule has 0 fully saturated rings. The predicted octanol–water partition coefficient (Wildman–Crippen LogP) is 19.0. The fraction of sp³-hybridized carbons (Fsp3) is 0.221. The molecule has 0 aromatic heterocycles. The Morgan fingerprint density at radius 3 is 1.41 bits per heavy atom. The van der Waals surface area contributed by atoms with E-state index in [1.165, 1.54) is 70.8 Å². The molecule has 3 aliphatic heterocycles. The molecule has 394 valence electrons. The third-order valence-electron chi connectivity index (χ3n) is 17.3. The van der Waals surface area contributed by atoms with Crippen LogP contribution in [0.4, 0.5) is 17.1 Å². The first-order valence-corrected chi connectivity index (χ1v) is 29.3. The van der Waals surface area contributed by atoms with Crippen LogP contribution in [0.15, 0.2) is 228 Å². The summed E-state index contributed by atoms with van der Waals surface area (Å²) in [5.74, 6) is 0. The van der Waals surface area contributed by atoms with Crippen molar-refractivity contribution < 1.29 is 6.85 Å². The zero-order chi connectivity index (χ0) is 60.0. The third kappa shape index (κ3) is 8.45. The lowest BCUT2D eigenvalue weighted by molar-refractivity contribution is 0.569. The Hall–Kier alpha value is -7.59. The molecule has 10 aromatic rings. The zero-order valence-corrected chi connectivity index (χ0v) is 49.1. The summed E-state index contributed by atoms with van der Waals surface area (Å²) in [6.45, 7) is 27.4. The van der Waals surface area contributed by atoms with Gasteiger partial charge >= 0.3 is 0 Å². The molecule has 3 aliphatic rings. The predicted molar refractivity (Wildman–Crippen MR) is 345 cm³/mol. The zero-order valence-electron chi connectivity index (χ0n) is 53.3. The van der Waals surface area contributed by atoms with E-state index in [4.69, 9.17) is 4.11 Å². The fourth-order valence-electron chi connectivity index (χ4n) is 12.9. The van der Waals surface area contributed by atoms with Gasteiger partial charge in [-0.25, -0.2) is 0 Å². The highest BCUT2D eigenvalue weighted by atomic mass is 32.2. The molecule has 3 heteroatoms. The molecule has 1 spiro atoms. The summed E-state index contributed by atoms with van der Waals surface area (Å²) < 4.78 is 45.6. The summed E-state index contributed by atoms with van der Waals surface area (Å²) in [6.07, 6.45) is 0. The average Bonchev–Trinajstić information content (AvgIpc) is 0.689. The normalized spacial score (nSPS) is 15.1. The lowest BCUT2D eigenvalue weighted by Gasteiger charge is -2.51. The van der Waals surface area contributed by atoms with Gasteiger partial charge in [0.15, 0.2) is 0 Å². The van der Waals surface area contributed by atoms with E-state index in [2.05, 4.69) is 270 Å². The van der Waals surface area contributed by atoms with E-state index in [0.717, 1.165) is 50.3 Å². The number of fused-ring (bicyclic) bond motifs is 10. The van der Waals surface area contributed by atoms with Crippen molar-refractivity contribution in [2.45, 2.75) is 120 Å². The van der Waals surface area contributed by atoms with Gasteiger partial charge in [0.05, 0.1) is 18.0 Å². The van der Waals surface area contributed by atoms with Gasteiger partial charge in [0, 0.05) is 32.3 Å². The highest BCUT2D eigenvalue weighted by Crippen LogP contribution is 2.59. The van der Waals surface area contributed by atoms with Gasteiger partial charge in [-0.15, -0.1) is 0 Å². The molecule has 0 aliphatic carbocycles. The van der Waals surface area contributed by atoms with E-state index < -0.39 is 11.5 Å². The van der Waals surface area contributed by atoms with Gasteiger partial charge in [-0.05, 0) is 147 Å². The first kappa shape index (κ1) is 46.2. The van der Waals surface area contributed by atoms with Crippen molar-refractivity contribution in [2.75, 3.05) is 4.90 Å². The highest BCUT2D eigenvalue weighted by molar-refractivity contribution is 7.99. The van der Waals surface area contributed by atoms with Crippen LogP contribution in [0, 0.1) is 0 Å². The molecule has 3 heterocycles. The van der Waals surface area contributed by atoms with Gasteiger partial charge in [-0.1, -0.05) is 282 Å². The first-order chi connectivity index (χ1) is 40.3. The maximum Gasteiger partial charge on any atom is 0.247 e. The van der Waals surface area contributed by atoms with Gasteiger partial charge in [-0.3, -0.25) is 0 Å². The van der Waals surface area contributed by atoms with Crippen molar-refractivity contribution in [2.24, 2.45) is 0 Å². The lowest BCUT2D eigenvalue weighted by Crippen LogP contribution is -2.65. The molecular formula is C77H72BNS. The molecule has 0 bridgehead atoms. The summed E-state index contributed by atoms with van der Waals surface area (Å²) in [5, 5.41) is 0. The van der Waals surface area contributed by atoms with Crippen LogP contribution >= 0.6 is 11.8 Å². The minimum Gasteiger partial charge on any atom is -0.310 e.